The molecule has 1 heterocycles. The number of halogens is 3. The predicted molar refractivity (Wildman–Crippen MR) is 34.5 cm³/mol. The first-order valence-electron chi connectivity index (χ1n) is 3.13. The molecule has 1 rings (SSSR count). The van der Waals surface area contributed by atoms with E-state index in [4.69, 9.17) is 0 Å². The van der Waals surface area contributed by atoms with Crippen LogP contribution in [-0.2, 0) is 6.18 Å². The fourth-order valence-electron chi connectivity index (χ4n) is 0.782. The van der Waals surface area contributed by atoms with Gasteiger partial charge in [0, 0.05) is 0 Å². The molecule has 0 radical (unpaired) electrons. The summed E-state index contributed by atoms with van der Waals surface area (Å²) in [6, 6.07) is 0.920. The van der Waals surface area contributed by atoms with Crippen molar-refractivity contribution in [1.29, 1.82) is 0 Å². The van der Waals surface area contributed by atoms with Gasteiger partial charge in [-0.2, -0.15) is 13.2 Å². The molecule has 0 aliphatic carbocycles. The fourth-order valence-corrected chi connectivity index (χ4v) is 0.782. The van der Waals surface area contributed by atoms with Crippen molar-refractivity contribution >= 4 is 0 Å². The van der Waals surface area contributed by atoms with Gasteiger partial charge in [-0.3, -0.25) is 0 Å². The Morgan fingerprint density at radius 2 is 2.08 bits per heavy atom. The smallest absolute Gasteiger partial charge is 0.400 e. The topological polar surface area (TPSA) is 27.1 Å². The number of hydrogen-bond donors (Lipinski definition) is 0. The van der Waals surface area contributed by atoms with Crippen LogP contribution in [0.2, 0.25) is 0 Å². The van der Waals surface area contributed by atoms with Crippen LogP contribution in [0, 0.1) is 6.92 Å². The average molecular weight is 180 g/mol. The van der Waals surface area contributed by atoms with E-state index in [1.807, 2.05) is 0 Å². The molecule has 0 bridgehead atoms. The maximum Gasteiger partial charge on any atom is 0.435 e. The Bertz CT molecular complexity index is 279. The SMILES string of the molecule is COn1nc(C(F)(F)F)cc1C. The van der Waals surface area contributed by atoms with Crippen LogP contribution in [-0.4, -0.2) is 17.1 Å². The van der Waals surface area contributed by atoms with Crippen LogP contribution in [0.3, 0.4) is 0 Å². The molecule has 0 N–H and O–H groups in total. The summed E-state index contributed by atoms with van der Waals surface area (Å²) in [7, 11) is 1.25. The molecule has 0 atom stereocenters. The summed E-state index contributed by atoms with van der Waals surface area (Å²) in [5.41, 5.74) is -0.633. The second kappa shape index (κ2) is 2.69. The first kappa shape index (κ1) is 8.89. The minimum Gasteiger partial charge on any atom is -0.400 e. The van der Waals surface area contributed by atoms with Gasteiger partial charge in [-0.15, -0.1) is 9.94 Å². The van der Waals surface area contributed by atoms with Crippen LogP contribution < -0.4 is 4.84 Å². The zero-order chi connectivity index (χ0) is 9.35. The van der Waals surface area contributed by atoms with Crippen molar-refractivity contribution in [2.24, 2.45) is 0 Å². The highest BCUT2D eigenvalue weighted by Gasteiger charge is 2.34. The minimum absolute atomic E-state index is 0.310. The lowest BCUT2D eigenvalue weighted by molar-refractivity contribution is -0.142. The Morgan fingerprint density at radius 1 is 1.50 bits per heavy atom. The van der Waals surface area contributed by atoms with Crippen LogP contribution >= 0.6 is 0 Å². The summed E-state index contributed by atoms with van der Waals surface area (Å²) >= 11 is 0. The van der Waals surface area contributed by atoms with E-state index < -0.39 is 11.9 Å². The molecule has 12 heavy (non-hydrogen) atoms. The lowest BCUT2D eigenvalue weighted by Gasteiger charge is -2.00. The van der Waals surface area contributed by atoms with E-state index >= 15 is 0 Å². The van der Waals surface area contributed by atoms with Crippen molar-refractivity contribution < 1.29 is 18.0 Å². The Labute approximate surface area is 66.7 Å². The molecule has 0 saturated carbocycles. The van der Waals surface area contributed by atoms with Gasteiger partial charge in [0.15, 0.2) is 5.69 Å². The highest BCUT2D eigenvalue weighted by Crippen LogP contribution is 2.27. The molecular weight excluding hydrogens is 173 g/mol. The Kier molecular flexibility index (Phi) is 1.99. The summed E-state index contributed by atoms with van der Waals surface area (Å²) in [4.78, 5) is 5.35. The van der Waals surface area contributed by atoms with Gasteiger partial charge in [-0.25, -0.2) is 0 Å². The minimum atomic E-state index is -4.41. The van der Waals surface area contributed by atoms with E-state index in [0.717, 1.165) is 10.9 Å². The zero-order valence-corrected chi connectivity index (χ0v) is 6.51. The highest BCUT2D eigenvalue weighted by molar-refractivity contribution is 5.10. The van der Waals surface area contributed by atoms with Crippen LogP contribution in [0.25, 0.3) is 0 Å². The van der Waals surface area contributed by atoms with Crippen molar-refractivity contribution in [2.75, 3.05) is 7.11 Å². The van der Waals surface area contributed by atoms with Crippen molar-refractivity contribution in [3.63, 3.8) is 0 Å². The van der Waals surface area contributed by atoms with Gasteiger partial charge in [0.25, 0.3) is 0 Å². The summed E-state index contributed by atoms with van der Waals surface area (Å²) in [6.45, 7) is 1.48. The number of aryl methyl sites for hydroxylation is 1. The molecule has 0 amide bonds. The van der Waals surface area contributed by atoms with Gasteiger partial charge in [-0.1, -0.05) is 0 Å². The van der Waals surface area contributed by atoms with Gasteiger partial charge >= 0.3 is 6.18 Å². The van der Waals surface area contributed by atoms with E-state index in [9.17, 15) is 13.2 Å². The van der Waals surface area contributed by atoms with Crippen molar-refractivity contribution in [1.82, 2.24) is 9.94 Å². The summed E-state index contributed by atoms with van der Waals surface area (Å²) in [5, 5.41) is 3.17. The van der Waals surface area contributed by atoms with E-state index in [1.54, 1.807) is 0 Å². The van der Waals surface area contributed by atoms with Crippen molar-refractivity contribution in [3.05, 3.63) is 17.5 Å². The summed E-state index contributed by atoms with van der Waals surface area (Å²) < 4.78 is 36.0. The van der Waals surface area contributed by atoms with E-state index in [2.05, 4.69) is 9.94 Å². The zero-order valence-electron chi connectivity index (χ0n) is 6.51. The average Bonchev–Trinajstić information content (AvgIpc) is 2.29. The van der Waals surface area contributed by atoms with Crippen molar-refractivity contribution in [3.8, 4) is 0 Å². The maximum absolute atomic E-state index is 12.0. The third kappa shape index (κ3) is 1.51. The van der Waals surface area contributed by atoms with Crippen LogP contribution in [0.4, 0.5) is 13.2 Å². The Balaban J connectivity index is 3.05. The van der Waals surface area contributed by atoms with Gasteiger partial charge in [0.2, 0.25) is 0 Å². The van der Waals surface area contributed by atoms with E-state index in [-0.39, 0.29) is 0 Å². The van der Waals surface area contributed by atoms with Crippen LogP contribution in [0.15, 0.2) is 6.07 Å². The summed E-state index contributed by atoms with van der Waals surface area (Å²) in [6.07, 6.45) is -4.41. The molecule has 0 aromatic carbocycles. The molecule has 68 valence electrons. The number of nitrogens with zero attached hydrogens (tertiary/aromatic N) is 2. The number of rotatable bonds is 1. The monoisotopic (exact) mass is 180 g/mol. The highest BCUT2D eigenvalue weighted by atomic mass is 19.4. The molecule has 0 spiro atoms. The molecule has 1 aromatic heterocycles. The molecule has 3 nitrogen and oxygen atoms in total. The maximum atomic E-state index is 12.0. The molecular formula is C6H7F3N2O. The van der Waals surface area contributed by atoms with Gasteiger partial charge in [0.05, 0.1) is 5.69 Å². The molecule has 0 unspecified atom stereocenters. The van der Waals surface area contributed by atoms with Gasteiger partial charge < -0.3 is 4.84 Å². The molecule has 0 saturated heterocycles. The molecule has 1 aromatic rings. The number of hydrogen-bond acceptors (Lipinski definition) is 2. The van der Waals surface area contributed by atoms with Gasteiger partial charge in [0.1, 0.15) is 7.11 Å². The van der Waals surface area contributed by atoms with E-state index in [1.165, 1.54) is 14.0 Å². The molecule has 0 fully saturated rings. The van der Waals surface area contributed by atoms with E-state index in [0.29, 0.717) is 5.69 Å². The lowest BCUT2D eigenvalue weighted by Crippen LogP contribution is -2.12. The quantitative estimate of drug-likeness (QED) is 0.650. The molecule has 0 aliphatic rings. The first-order valence-corrected chi connectivity index (χ1v) is 3.13. The van der Waals surface area contributed by atoms with Crippen LogP contribution in [0.5, 0.6) is 0 Å². The molecule has 6 heteroatoms. The fraction of sp³-hybridized carbons (Fsp3) is 0.500. The second-order valence-electron chi connectivity index (χ2n) is 2.22. The lowest BCUT2D eigenvalue weighted by atomic mass is 10.4. The van der Waals surface area contributed by atoms with Crippen molar-refractivity contribution in [2.45, 2.75) is 13.1 Å². The van der Waals surface area contributed by atoms with Crippen LogP contribution in [0.1, 0.15) is 11.4 Å². The second-order valence-corrected chi connectivity index (χ2v) is 2.22. The molecule has 0 aliphatic heterocycles. The Hall–Kier alpha value is -1.20. The summed E-state index contributed by atoms with van der Waals surface area (Å²) in [5.74, 6) is 0. The predicted octanol–water partition coefficient (Wildman–Crippen LogP) is 1.27. The van der Waals surface area contributed by atoms with Gasteiger partial charge in [-0.05, 0) is 13.0 Å². The number of aromatic nitrogens is 2. The normalized spacial score (nSPS) is 11.8. The first-order chi connectivity index (χ1) is 5.45. The number of alkyl halides is 3. The largest absolute Gasteiger partial charge is 0.435 e. The Morgan fingerprint density at radius 3 is 2.33 bits per heavy atom. The standard InChI is InChI=1S/C6H7F3N2O/c1-4-3-5(6(7,8)9)10-11(4)12-2/h3H,1-2H3. The third-order valence-electron chi connectivity index (χ3n) is 1.31. The third-order valence-corrected chi connectivity index (χ3v) is 1.31.